The molecule has 6 rings (SSSR count). The molecule has 0 bridgehead atoms. The second-order valence-corrected chi connectivity index (χ2v) is 9.10. The van der Waals surface area contributed by atoms with Crippen molar-refractivity contribution in [3.63, 3.8) is 0 Å². The number of benzene rings is 4. The van der Waals surface area contributed by atoms with Crippen molar-refractivity contribution < 1.29 is 0 Å². The Morgan fingerprint density at radius 1 is 0.452 bits per heavy atom. The summed E-state index contributed by atoms with van der Waals surface area (Å²) in [4.78, 5) is 0. The van der Waals surface area contributed by atoms with Crippen molar-refractivity contribution in [2.45, 2.75) is 20.3 Å². The molecule has 158 valence electrons. The normalized spacial score (nSPS) is 11.4. The van der Waals surface area contributed by atoms with Crippen LogP contribution in [0.25, 0.3) is 22.3 Å². The van der Waals surface area contributed by atoms with Crippen molar-refractivity contribution in [2.75, 3.05) is 0 Å². The lowest BCUT2D eigenvalue weighted by Gasteiger charge is -2.00. The summed E-state index contributed by atoms with van der Waals surface area (Å²) in [5, 5.41) is 0. The van der Waals surface area contributed by atoms with Crippen LogP contribution in [0.1, 0.15) is 29.7 Å². The van der Waals surface area contributed by atoms with Crippen LogP contribution >= 0.6 is 60.1 Å². The largest absolute Gasteiger partial charge is 0.0776 e. The van der Waals surface area contributed by atoms with Crippen LogP contribution in [-0.4, -0.2) is 0 Å². The average molecular weight is 666 g/mol. The van der Waals surface area contributed by atoms with Crippen LogP contribution in [0.4, 0.5) is 0 Å². The Balaban J connectivity index is 0.000000159. The second kappa shape index (κ2) is 11.1. The van der Waals surface area contributed by atoms with Gasteiger partial charge in [-0.05, 0) is 81.6 Å². The van der Waals surface area contributed by atoms with Gasteiger partial charge in [-0.25, -0.2) is 0 Å². The van der Waals surface area contributed by atoms with Crippen molar-refractivity contribution in [1.82, 2.24) is 0 Å². The quantitative estimate of drug-likeness (QED) is 0.151. The van der Waals surface area contributed by atoms with E-state index in [0.29, 0.717) is 0 Å². The predicted molar refractivity (Wildman–Crippen MR) is 149 cm³/mol. The van der Waals surface area contributed by atoms with Gasteiger partial charge in [-0.15, -0.1) is 0 Å². The Kier molecular flexibility index (Phi) is 8.74. The minimum absolute atomic E-state index is 0. The Hall–Kier alpha value is -1.20. The van der Waals surface area contributed by atoms with Crippen LogP contribution in [0, 0.1) is 0 Å². The smallest absolute Gasteiger partial charge is 0.0178 e. The molecular formula is C27H22Br4. The van der Waals surface area contributed by atoms with Gasteiger partial charge >= 0.3 is 0 Å². The fourth-order valence-electron chi connectivity index (χ4n) is 4.23. The Bertz CT molecular complexity index is 1100. The lowest BCUT2D eigenvalue weighted by molar-refractivity contribution is 1.25. The lowest BCUT2D eigenvalue weighted by Crippen LogP contribution is -1.79. The summed E-state index contributed by atoms with van der Waals surface area (Å²) in [5.74, 6) is 0. The van der Waals surface area contributed by atoms with Gasteiger partial charge in [-0.2, -0.15) is 0 Å². The molecule has 2 aliphatic carbocycles. The van der Waals surface area contributed by atoms with Crippen molar-refractivity contribution in [2.24, 2.45) is 0 Å². The van der Waals surface area contributed by atoms with Gasteiger partial charge in [-0.3, -0.25) is 0 Å². The van der Waals surface area contributed by atoms with Gasteiger partial charge in [0.15, 0.2) is 0 Å². The molecule has 0 spiro atoms. The summed E-state index contributed by atoms with van der Waals surface area (Å²) < 4.78 is 2.32. The van der Waals surface area contributed by atoms with Gasteiger partial charge in [0.25, 0.3) is 0 Å². The van der Waals surface area contributed by atoms with E-state index in [9.17, 15) is 0 Å². The molecule has 0 saturated heterocycles. The van der Waals surface area contributed by atoms with Crippen molar-refractivity contribution >= 4 is 60.1 Å². The van der Waals surface area contributed by atoms with Crippen LogP contribution in [0.2, 0.25) is 0 Å². The highest BCUT2D eigenvalue weighted by molar-refractivity contribution is 9.93. The standard InChI is InChI=1S/C13H8Br2.C13H10.CH4.Br2/c14-10-1-3-12-8(6-10)5-9-7-11(15)2-4-13(9)12;1-3-7-12-10(5-1)9-11-6-2-4-8-13(11)12;;1-2/h1-4,6-7H,5H2;1-8H,9H2;1H4;. The summed E-state index contributed by atoms with van der Waals surface area (Å²) in [6.07, 6.45) is 2.15. The topological polar surface area (TPSA) is 0 Å². The molecule has 4 aromatic carbocycles. The van der Waals surface area contributed by atoms with Crippen LogP contribution < -0.4 is 0 Å². The van der Waals surface area contributed by atoms with Crippen LogP contribution in [0.3, 0.4) is 0 Å². The monoisotopic (exact) mass is 662 g/mol. The fourth-order valence-corrected chi connectivity index (χ4v) is 5.04. The minimum atomic E-state index is 0. The highest BCUT2D eigenvalue weighted by Crippen LogP contribution is 2.39. The fraction of sp³-hybridized carbons (Fsp3) is 0.111. The zero-order valence-corrected chi connectivity index (χ0v) is 22.4. The van der Waals surface area contributed by atoms with E-state index < -0.39 is 0 Å². The Morgan fingerprint density at radius 2 is 0.806 bits per heavy atom. The summed E-state index contributed by atoms with van der Waals surface area (Å²) >= 11 is 12.5. The maximum Gasteiger partial charge on any atom is 0.0178 e. The van der Waals surface area contributed by atoms with Crippen LogP contribution in [0.15, 0.2) is 93.9 Å². The predicted octanol–water partition coefficient (Wildman–Crippen LogP) is 10.4. The van der Waals surface area contributed by atoms with Gasteiger partial charge in [-0.1, -0.05) is 100.0 Å². The Morgan fingerprint density at radius 3 is 1.26 bits per heavy atom. The third kappa shape index (κ3) is 5.24. The van der Waals surface area contributed by atoms with Gasteiger partial charge < -0.3 is 0 Å². The molecule has 0 aromatic heterocycles. The van der Waals surface area contributed by atoms with Crippen molar-refractivity contribution in [3.8, 4) is 22.3 Å². The molecule has 31 heavy (non-hydrogen) atoms. The van der Waals surface area contributed by atoms with Gasteiger partial charge in [0.05, 0.1) is 0 Å². The molecule has 0 atom stereocenters. The molecule has 0 amide bonds. The molecule has 0 fully saturated rings. The van der Waals surface area contributed by atoms with Gasteiger partial charge in [0.1, 0.15) is 0 Å². The third-order valence-corrected chi connectivity index (χ3v) is 6.50. The van der Waals surface area contributed by atoms with E-state index in [0.717, 1.165) is 21.8 Å². The van der Waals surface area contributed by atoms with Crippen LogP contribution in [0.5, 0.6) is 0 Å². The van der Waals surface area contributed by atoms with Crippen molar-refractivity contribution in [1.29, 1.82) is 0 Å². The molecule has 0 saturated carbocycles. The number of halogens is 4. The second-order valence-electron chi connectivity index (χ2n) is 7.27. The summed E-state index contributed by atoms with van der Waals surface area (Å²) in [6, 6.07) is 30.3. The number of hydrogen-bond acceptors (Lipinski definition) is 0. The first-order chi connectivity index (χ1) is 14.7. The number of rotatable bonds is 0. The first-order valence-electron chi connectivity index (χ1n) is 9.57. The molecule has 0 unspecified atom stereocenters. The average Bonchev–Trinajstić information content (AvgIpc) is 3.32. The van der Waals surface area contributed by atoms with Crippen molar-refractivity contribution in [3.05, 3.63) is 116 Å². The molecule has 4 heteroatoms. The summed E-state index contributed by atoms with van der Waals surface area (Å²) in [5.41, 5.74) is 11.3. The van der Waals surface area contributed by atoms with E-state index in [1.165, 1.54) is 44.5 Å². The molecule has 0 N–H and O–H groups in total. The molecule has 0 heterocycles. The van der Waals surface area contributed by atoms with Crippen LogP contribution in [-0.2, 0) is 12.8 Å². The zero-order valence-electron chi connectivity index (χ0n) is 16.0. The maximum absolute atomic E-state index is 3.51. The maximum atomic E-state index is 3.51. The van der Waals surface area contributed by atoms with E-state index in [-0.39, 0.29) is 7.43 Å². The molecule has 0 aliphatic heterocycles. The highest BCUT2D eigenvalue weighted by Gasteiger charge is 2.18. The molecular weight excluding hydrogens is 644 g/mol. The first-order valence-corrected chi connectivity index (χ1v) is 14.9. The van der Waals surface area contributed by atoms with Gasteiger partial charge in [0, 0.05) is 37.2 Å². The number of hydrogen-bond donors (Lipinski definition) is 0. The van der Waals surface area contributed by atoms with E-state index in [1.54, 1.807) is 0 Å². The lowest BCUT2D eigenvalue weighted by atomic mass is 10.1. The zero-order chi connectivity index (χ0) is 21.1. The van der Waals surface area contributed by atoms with E-state index in [4.69, 9.17) is 0 Å². The summed E-state index contributed by atoms with van der Waals surface area (Å²) in [7, 11) is 0. The molecule has 0 radical (unpaired) electrons. The molecule has 0 nitrogen and oxygen atoms in total. The number of fused-ring (bicyclic) bond motifs is 6. The molecule has 4 aromatic rings. The third-order valence-electron chi connectivity index (χ3n) is 5.51. The van der Waals surface area contributed by atoms with E-state index in [1.807, 2.05) is 0 Å². The molecule has 2 aliphatic rings. The Labute approximate surface area is 217 Å². The SMILES string of the molecule is BrBr.Brc1ccc2c(c1)Cc1cc(Br)ccc1-2.C.c1ccc2c(c1)Cc1ccccc1-2. The van der Waals surface area contributed by atoms with E-state index in [2.05, 4.69) is 145 Å². The first kappa shape index (κ1) is 24.4. The van der Waals surface area contributed by atoms with Gasteiger partial charge in [0.2, 0.25) is 0 Å². The van der Waals surface area contributed by atoms with E-state index >= 15 is 0 Å². The minimum Gasteiger partial charge on any atom is -0.0776 e. The summed E-state index contributed by atoms with van der Waals surface area (Å²) in [6.45, 7) is 0. The highest BCUT2D eigenvalue weighted by atomic mass is 80.9.